The topological polar surface area (TPSA) is 40.9 Å². The normalized spacial score (nSPS) is 11.9. The third-order valence-electron chi connectivity index (χ3n) is 1.67. The molecule has 0 heterocycles. The molecule has 0 aliphatic heterocycles. The molecule has 0 aliphatic carbocycles. The van der Waals surface area contributed by atoms with Crippen LogP contribution in [0, 0.1) is 17.1 Å². The van der Waals surface area contributed by atoms with Crippen LogP contribution in [0.25, 0.3) is 0 Å². The predicted molar refractivity (Wildman–Crippen MR) is 53.8 cm³/mol. The molecule has 0 saturated heterocycles. The molecule has 1 rings (SSSR count). The molecule has 1 aromatic rings. The lowest BCUT2D eigenvalue weighted by molar-refractivity contribution is 0.0995. The molecule has 0 amide bonds. The van der Waals surface area contributed by atoms with Crippen molar-refractivity contribution < 1.29 is 9.18 Å². The van der Waals surface area contributed by atoms with Gasteiger partial charge < -0.3 is 0 Å². The molecule has 0 fully saturated rings. The van der Waals surface area contributed by atoms with Gasteiger partial charge in [0.15, 0.2) is 5.78 Å². The number of Topliss-reactive ketones (excluding diaryl/α,β-unsaturated/α-hetero) is 1. The maximum Gasteiger partial charge on any atom is 0.176 e. The molecule has 0 bridgehead atoms. The van der Waals surface area contributed by atoms with Crippen LogP contribution in [0.2, 0.25) is 0 Å². The highest BCUT2D eigenvalue weighted by Crippen LogP contribution is 2.13. The molecule has 0 aromatic heterocycles. The molecule has 1 atom stereocenters. The summed E-state index contributed by atoms with van der Waals surface area (Å²) in [7, 11) is 0. The minimum Gasteiger partial charge on any atom is -0.293 e. The fourth-order valence-corrected chi connectivity index (χ4v) is 1.29. The predicted octanol–water partition coefficient (Wildman–Crippen LogP) is 2.66. The molecule has 0 aliphatic rings. The van der Waals surface area contributed by atoms with Gasteiger partial charge in [-0.05, 0) is 25.1 Å². The van der Waals surface area contributed by atoms with Crippen molar-refractivity contribution in [3.63, 3.8) is 0 Å². The fourth-order valence-electron chi connectivity index (χ4n) is 1.03. The Morgan fingerprint density at radius 2 is 2.21 bits per heavy atom. The summed E-state index contributed by atoms with van der Waals surface area (Å²) in [4.78, 5) is 11.1. The summed E-state index contributed by atoms with van der Waals surface area (Å²) in [5.74, 6) is -0.804. The number of alkyl halides is 1. The lowest BCUT2D eigenvalue weighted by Crippen LogP contribution is -2.10. The van der Waals surface area contributed by atoms with Crippen LogP contribution in [0.5, 0.6) is 0 Å². The second kappa shape index (κ2) is 4.34. The number of benzene rings is 1. The van der Waals surface area contributed by atoms with Gasteiger partial charge in [-0.3, -0.25) is 4.79 Å². The van der Waals surface area contributed by atoms with Crippen LogP contribution in [-0.4, -0.2) is 10.6 Å². The van der Waals surface area contributed by atoms with E-state index in [-0.39, 0.29) is 21.7 Å². The standard InChI is InChI=1S/C10H7BrFNO/c1-6(11)10(14)8-2-7(5-13)3-9(12)4-8/h2-4,6H,1H3. The van der Waals surface area contributed by atoms with E-state index in [0.717, 1.165) is 12.1 Å². The summed E-state index contributed by atoms with van der Waals surface area (Å²) in [6.45, 7) is 1.65. The first-order valence-corrected chi connectivity index (χ1v) is 4.85. The van der Waals surface area contributed by atoms with Crippen LogP contribution in [0.1, 0.15) is 22.8 Å². The van der Waals surface area contributed by atoms with E-state index >= 15 is 0 Å². The molecule has 0 N–H and O–H groups in total. The molecule has 0 saturated carbocycles. The van der Waals surface area contributed by atoms with Crippen molar-refractivity contribution in [2.45, 2.75) is 11.8 Å². The zero-order valence-corrected chi connectivity index (χ0v) is 9.01. The van der Waals surface area contributed by atoms with E-state index in [1.54, 1.807) is 13.0 Å². The lowest BCUT2D eigenvalue weighted by atomic mass is 10.1. The minimum atomic E-state index is -0.569. The highest BCUT2D eigenvalue weighted by Gasteiger charge is 2.13. The Hall–Kier alpha value is -1.21. The van der Waals surface area contributed by atoms with Gasteiger partial charge >= 0.3 is 0 Å². The lowest BCUT2D eigenvalue weighted by Gasteiger charge is -2.03. The Balaban J connectivity index is 3.17. The summed E-state index contributed by atoms with van der Waals surface area (Å²) in [5.41, 5.74) is 0.368. The van der Waals surface area contributed by atoms with E-state index in [1.165, 1.54) is 6.07 Å². The number of nitriles is 1. The Labute approximate surface area is 89.5 Å². The molecule has 72 valence electrons. The molecular formula is C10H7BrFNO. The monoisotopic (exact) mass is 255 g/mol. The van der Waals surface area contributed by atoms with Crippen molar-refractivity contribution in [1.82, 2.24) is 0 Å². The second-order valence-electron chi connectivity index (χ2n) is 2.82. The third-order valence-corrected chi connectivity index (χ3v) is 2.09. The van der Waals surface area contributed by atoms with Gasteiger partial charge in [0.1, 0.15) is 5.82 Å². The number of rotatable bonds is 2. The Kier molecular flexibility index (Phi) is 3.37. The summed E-state index contributed by atoms with van der Waals surface area (Å²) in [6, 6.07) is 5.39. The summed E-state index contributed by atoms with van der Waals surface area (Å²) >= 11 is 3.09. The van der Waals surface area contributed by atoms with Gasteiger partial charge in [0.25, 0.3) is 0 Å². The van der Waals surface area contributed by atoms with Gasteiger partial charge in [-0.2, -0.15) is 5.26 Å². The molecule has 14 heavy (non-hydrogen) atoms. The molecule has 1 aromatic carbocycles. The van der Waals surface area contributed by atoms with E-state index < -0.39 is 5.82 Å². The van der Waals surface area contributed by atoms with Gasteiger partial charge in [-0.25, -0.2) is 4.39 Å². The highest BCUT2D eigenvalue weighted by atomic mass is 79.9. The first-order valence-electron chi connectivity index (χ1n) is 3.93. The second-order valence-corrected chi connectivity index (χ2v) is 4.19. The number of hydrogen-bond donors (Lipinski definition) is 0. The molecule has 0 spiro atoms. The maximum atomic E-state index is 12.9. The number of carbonyl (C=O) groups is 1. The van der Waals surface area contributed by atoms with E-state index in [4.69, 9.17) is 5.26 Å². The van der Waals surface area contributed by atoms with Crippen LogP contribution < -0.4 is 0 Å². The summed E-state index contributed by atoms with van der Waals surface area (Å²) in [6.07, 6.45) is 0. The SMILES string of the molecule is CC(Br)C(=O)c1cc(F)cc(C#N)c1. The molecule has 0 radical (unpaired) electrons. The molecule has 2 nitrogen and oxygen atoms in total. The number of halogens is 2. The van der Waals surface area contributed by atoms with Crippen LogP contribution >= 0.6 is 15.9 Å². The number of nitrogens with zero attached hydrogens (tertiary/aromatic N) is 1. The Morgan fingerprint density at radius 1 is 1.57 bits per heavy atom. The first kappa shape index (κ1) is 10.9. The summed E-state index contributed by atoms with van der Waals surface area (Å²) < 4.78 is 12.9. The van der Waals surface area contributed by atoms with Gasteiger partial charge in [0.05, 0.1) is 16.5 Å². The molecule has 1 unspecified atom stereocenters. The number of carbonyl (C=O) groups excluding carboxylic acids is 1. The van der Waals surface area contributed by atoms with Crippen molar-refractivity contribution >= 4 is 21.7 Å². The maximum absolute atomic E-state index is 12.9. The van der Waals surface area contributed by atoms with Crippen molar-refractivity contribution in [3.8, 4) is 6.07 Å². The van der Waals surface area contributed by atoms with E-state index in [1.807, 2.05) is 0 Å². The Morgan fingerprint density at radius 3 is 2.71 bits per heavy atom. The van der Waals surface area contributed by atoms with E-state index in [0.29, 0.717) is 0 Å². The first-order chi connectivity index (χ1) is 6.54. The van der Waals surface area contributed by atoms with E-state index in [9.17, 15) is 9.18 Å². The largest absolute Gasteiger partial charge is 0.293 e. The van der Waals surface area contributed by atoms with E-state index in [2.05, 4.69) is 15.9 Å². The van der Waals surface area contributed by atoms with Crippen LogP contribution in [0.15, 0.2) is 18.2 Å². The molecular weight excluding hydrogens is 249 g/mol. The van der Waals surface area contributed by atoms with Crippen LogP contribution in [0.4, 0.5) is 4.39 Å². The fraction of sp³-hybridized carbons (Fsp3) is 0.200. The van der Waals surface area contributed by atoms with Crippen molar-refractivity contribution in [2.75, 3.05) is 0 Å². The van der Waals surface area contributed by atoms with Gasteiger partial charge in [-0.15, -0.1) is 0 Å². The minimum absolute atomic E-state index is 0.154. The Bertz CT molecular complexity index is 409. The van der Waals surface area contributed by atoms with Gasteiger partial charge in [0, 0.05) is 5.56 Å². The highest BCUT2D eigenvalue weighted by molar-refractivity contribution is 9.10. The smallest absolute Gasteiger partial charge is 0.176 e. The zero-order chi connectivity index (χ0) is 10.7. The molecule has 4 heteroatoms. The average Bonchev–Trinajstić information content (AvgIpc) is 2.15. The zero-order valence-electron chi connectivity index (χ0n) is 7.42. The van der Waals surface area contributed by atoms with Gasteiger partial charge in [0.2, 0.25) is 0 Å². The van der Waals surface area contributed by atoms with Crippen molar-refractivity contribution in [1.29, 1.82) is 5.26 Å². The number of ketones is 1. The quantitative estimate of drug-likeness (QED) is 0.602. The van der Waals surface area contributed by atoms with Crippen molar-refractivity contribution in [2.24, 2.45) is 0 Å². The average molecular weight is 256 g/mol. The number of hydrogen-bond acceptors (Lipinski definition) is 2. The summed E-state index contributed by atoms with van der Waals surface area (Å²) in [5, 5.41) is 8.57. The van der Waals surface area contributed by atoms with Crippen molar-refractivity contribution in [3.05, 3.63) is 35.1 Å². The van der Waals surface area contributed by atoms with Crippen LogP contribution in [0.3, 0.4) is 0 Å². The van der Waals surface area contributed by atoms with Crippen LogP contribution in [-0.2, 0) is 0 Å². The third kappa shape index (κ3) is 2.39. The van der Waals surface area contributed by atoms with Gasteiger partial charge in [-0.1, -0.05) is 15.9 Å².